The van der Waals surface area contributed by atoms with Crippen LogP contribution in [0.5, 0.6) is 0 Å². The molecule has 2 rings (SSSR count). The van der Waals surface area contributed by atoms with Gasteiger partial charge in [-0.3, -0.25) is 4.79 Å². The molecule has 1 aromatic carbocycles. The van der Waals surface area contributed by atoms with E-state index in [1.807, 2.05) is 6.07 Å². The first-order valence-electron chi connectivity index (χ1n) is 4.56. The van der Waals surface area contributed by atoms with Crippen molar-refractivity contribution in [2.75, 3.05) is 0 Å². The highest BCUT2D eigenvalue weighted by molar-refractivity contribution is 6.07. The first-order valence-corrected chi connectivity index (χ1v) is 4.56. The standard InChI is InChI=1S/C11H10N2O2/c12-11(15)13-9-5-6-10(14)8-4-2-1-3-7(8)9/h1-6,9H,(H3,12,13,15). The Morgan fingerprint density at radius 2 is 2.07 bits per heavy atom. The largest absolute Gasteiger partial charge is 0.352 e. The van der Waals surface area contributed by atoms with Gasteiger partial charge in [0.15, 0.2) is 5.78 Å². The molecule has 2 amide bonds. The molecule has 0 saturated carbocycles. The highest BCUT2D eigenvalue weighted by Gasteiger charge is 2.20. The van der Waals surface area contributed by atoms with Crippen LogP contribution in [0, 0.1) is 0 Å². The smallest absolute Gasteiger partial charge is 0.312 e. The first-order chi connectivity index (χ1) is 7.18. The normalized spacial score (nSPS) is 18.4. The maximum atomic E-state index is 11.5. The number of nitrogens with one attached hydrogen (secondary N) is 1. The number of hydrogen-bond donors (Lipinski definition) is 2. The Kier molecular flexibility index (Phi) is 2.25. The third kappa shape index (κ3) is 1.74. The van der Waals surface area contributed by atoms with Gasteiger partial charge in [0.2, 0.25) is 0 Å². The van der Waals surface area contributed by atoms with Crippen molar-refractivity contribution in [2.24, 2.45) is 5.73 Å². The van der Waals surface area contributed by atoms with E-state index in [0.717, 1.165) is 5.56 Å². The quantitative estimate of drug-likeness (QED) is 0.717. The van der Waals surface area contributed by atoms with E-state index >= 15 is 0 Å². The molecule has 3 N–H and O–H groups in total. The van der Waals surface area contributed by atoms with Gasteiger partial charge in [-0.25, -0.2) is 4.79 Å². The van der Waals surface area contributed by atoms with Crippen LogP contribution in [0.15, 0.2) is 36.4 Å². The Hall–Kier alpha value is -2.10. The summed E-state index contributed by atoms with van der Waals surface area (Å²) in [5, 5.41) is 2.56. The van der Waals surface area contributed by atoms with Crippen LogP contribution in [0.1, 0.15) is 22.0 Å². The van der Waals surface area contributed by atoms with Crippen LogP contribution >= 0.6 is 0 Å². The van der Waals surface area contributed by atoms with Gasteiger partial charge in [0.05, 0.1) is 6.04 Å². The minimum absolute atomic E-state index is 0.0480. The van der Waals surface area contributed by atoms with E-state index in [1.54, 1.807) is 24.3 Å². The number of nitrogens with two attached hydrogens (primary N) is 1. The summed E-state index contributed by atoms with van der Waals surface area (Å²) in [7, 11) is 0. The molecule has 0 aromatic heterocycles. The van der Waals surface area contributed by atoms with Crippen molar-refractivity contribution in [1.29, 1.82) is 0 Å². The molecule has 0 bridgehead atoms. The number of urea groups is 1. The molecular weight excluding hydrogens is 192 g/mol. The number of hydrogen-bond acceptors (Lipinski definition) is 2. The van der Waals surface area contributed by atoms with Gasteiger partial charge in [0.25, 0.3) is 0 Å². The average molecular weight is 202 g/mol. The number of primary amides is 1. The van der Waals surface area contributed by atoms with Crippen molar-refractivity contribution in [2.45, 2.75) is 6.04 Å². The van der Waals surface area contributed by atoms with Crippen molar-refractivity contribution in [3.05, 3.63) is 47.5 Å². The number of fused-ring (bicyclic) bond motifs is 1. The van der Waals surface area contributed by atoms with Gasteiger partial charge >= 0.3 is 6.03 Å². The molecule has 0 saturated heterocycles. The van der Waals surface area contributed by atoms with Crippen molar-refractivity contribution in [3.63, 3.8) is 0 Å². The minimum atomic E-state index is -0.603. The highest BCUT2D eigenvalue weighted by Crippen LogP contribution is 2.24. The van der Waals surface area contributed by atoms with Crippen LogP contribution in [-0.4, -0.2) is 11.8 Å². The zero-order valence-corrected chi connectivity index (χ0v) is 7.94. The number of carbonyl (C=O) groups is 2. The SMILES string of the molecule is NC(=O)NC1C=CC(=O)c2ccccc21. The van der Waals surface area contributed by atoms with Crippen molar-refractivity contribution >= 4 is 11.8 Å². The Labute approximate surface area is 86.8 Å². The van der Waals surface area contributed by atoms with Gasteiger partial charge in [0.1, 0.15) is 0 Å². The molecule has 0 heterocycles. The summed E-state index contributed by atoms with van der Waals surface area (Å²) in [4.78, 5) is 22.2. The van der Waals surface area contributed by atoms with Gasteiger partial charge in [-0.1, -0.05) is 30.3 Å². The monoisotopic (exact) mass is 202 g/mol. The summed E-state index contributed by atoms with van der Waals surface area (Å²) in [6.07, 6.45) is 3.08. The molecule has 1 aromatic rings. The molecule has 0 aliphatic heterocycles. The Morgan fingerprint density at radius 1 is 1.33 bits per heavy atom. The molecule has 0 radical (unpaired) electrons. The van der Waals surface area contributed by atoms with E-state index in [-0.39, 0.29) is 11.8 Å². The zero-order chi connectivity index (χ0) is 10.8. The summed E-state index contributed by atoms with van der Waals surface area (Å²) in [5.41, 5.74) is 6.44. The second-order valence-electron chi connectivity index (χ2n) is 3.30. The lowest BCUT2D eigenvalue weighted by Gasteiger charge is -2.19. The Bertz CT molecular complexity index is 452. The van der Waals surface area contributed by atoms with Crippen molar-refractivity contribution in [3.8, 4) is 0 Å². The number of carbonyl (C=O) groups excluding carboxylic acids is 2. The van der Waals surface area contributed by atoms with E-state index in [2.05, 4.69) is 5.32 Å². The second kappa shape index (κ2) is 3.57. The fraction of sp³-hybridized carbons (Fsp3) is 0.0909. The summed E-state index contributed by atoms with van der Waals surface area (Å²) in [6, 6.07) is 6.23. The molecule has 4 heteroatoms. The highest BCUT2D eigenvalue weighted by atomic mass is 16.2. The second-order valence-corrected chi connectivity index (χ2v) is 3.30. The van der Waals surface area contributed by atoms with E-state index < -0.39 is 6.03 Å². The lowest BCUT2D eigenvalue weighted by Crippen LogP contribution is -2.34. The van der Waals surface area contributed by atoms with Gasteiger partial charge in [-0.05, 0) is 11.6 Å². The first kappa shape index (κ1) is 9.45. The van der Waals surface area contributed by atoms with Crippen LogP contribution in [-0.2, 0) is 0 Å². The maximum Gasteiger partial charge on any atom is 0.312 e. The molecule has 0 spiro atoms. The van der Waals surface area contributed by atoms with Gasteiger partial charge in [-0.2, -0.15) is 0 Å². The van der Waals surface area contributed by atoms with E-state index in [0.29, 0.717) is 5.56 Å². The number of amides is 2. The molecule has 1 aliphatic carbocycles. The van der Waals surface area contributed by atoms with Crippen LogP contribution in [0.2, 0.25) is 0 Å². The van der Waals surface area contributed by atoms with Crippen molar-refractivity contribution in [1.82, 2.24) is 5.32 Å². The van der Waals surface area contributed by atoms with Gasteiger partial charge in [-0.15, -0.1) is 0 Å². The van der Waals surface area contributed by atoms with E-state index in [4.69, 9.17) is 5.73 Å². The third-order valence-corrected chi connectivity index (χ3v) is 2.30. The molecule has 4 nitrogen and oxygen atoms in total. The molecule has 1 atom stereocenters. The van der Waals surface area contributed by atoms with Crippen LogP contribution in [0.25, 0.3) is 0 Å². The number of benzene rings is 1. The van der Waals surface area contributed by atoms with Crippen LogP contribution < -0.4 is 11.1 Å². The summed E-state index contributed by atoms with van der Waals surface area (Å²) >= 11 is 0. The average Bonchev–Trinajstić information content (AvgIpc) is 2.22. The van der Waals surface area contributed by atoms with Crippen LogP contribution in [0.4, 0.5) is 4.79 Å². The summed E-state index contributed by atoms with van der Waals surface area (Å²) < 4.78 is 0. The van der Waals surface area contributed by atoms with Gasteiger partial charge < -0.3 is 11.1 Å². The molecule has 1 unspecified atom stereocenters. The lowest BCUT2D eigenvalue weighted by molar-refractivity contribution is 0.104. The predicted molar refractivity (Wildman–Crippen MR) is 55.4 cm³/mol. The fourth-order valence-corrected chi connectivity index (χ4v) is 1.65. The summed E-state index contributed by atoms with van der Waals surface area (Å²) in [6.45, 7) is 0. The molecule has 0 fully saturated rings. The molecular formula is C11H10N2O2. The van der Waals surface area contributed by atoms with Gasteiger partial charge in [0, 0.05) is 5.56 Å². The summed E-state index contributed by atoms with van der Waals surface area (Å²) in [5.74, 6) is -0.0480. The third-order valence-electron chi connectivity index (χ3n) is 2.30. The Balaban J connectivity index is 2.41. The minimum Gasteiger partial charge on any atom is -0.352 e. The molecule has 15 heavy (non-hydrogen) atoms. The molecule has 1 aliphatic rings. The molecule has 76 valence electrons. The topological polar surface area (TPSA) is 72.2 Å². The predicted octanol–water partition coefficient (Wildman–Crippen LogP) is 1.15. The number of allylic oxidation sites excluding steroid dienone is 1. The van der Waals surface area contributed by atoms with Crippen LogP contribution in [0.3, 0.4) is 0 Å². The lowest BCUT2D eigenvalue weighted by atomic mass is 9.92. The zero-order valence-electron chi connectivity index (χ0n) is 7.94. The van der Waals surface area contributed by atoms with E-state index in [1.165, 1.54) is 6.08 Å². The fourth-order valence-electron chi connectivity index (χ4n) is 1.65. The number of ketones is 1. The maximum absolute atomic E-state index is 11.5. The van der Waals surface area contributed by atoms with E-state index in [9.17, 15) is 9.59 Å². The number of rotatable bonds is 1. The Morgan fingerprint density at radius 3 is 2.80 bits per heavy atom. The van der Waals surface area contributed by atoms with Crippen molar-refractivity contribution < 1.29 is 9.59 Å².